The van der Waals surface area contributed by atoms with Crippen LogP contribution in [0.1, 0.15) is 10.6 Å². The van der Waals surface area contributed by atoms with Gasteiger partial charge in [-0.05, 0) is 30.3 Å². The first-order chi connectivity index (χ1) is 11.6. The molecule has 0 radical (unpaired) electrons. The Morgan fingerprint density at radius 2 is 2.12 bits per heavy atom. The number of benzene rings is 1. The summed E-state index contributed by atoms with van der Waals surface area (Å²) in [7, 11) is 2.88. The van der Waals surface area contributed by atoms with Crippen molar-refractivity contribution in [3.05, 3.63) is 47.2 Å². The standard InChI is InChI=1S/C16H14N2O5S/c1-21-10-5-6-11-13(8-10)24-16(18(11)9-14(19)22-2)17-15(20)12-4-3-7-23-12/h3-8H,9H2,1-2H3. The molecule has 1 aromatic carbocycles. The van der Waals surface area contributed by atoms with Gasteiger partial charge in [0.25, 0.3) is 0 Å². The molecule has 0 aliphatic rings. The van der Waals surface area contributed by atoms with Crippen LogP contribution >= 0.6 is 11.3 Å². The summed E-state index contributed by atoms with van der Waals surface area (Å²) in [6, 6.07) is 8.56. The molecule has 0 saturated heterocycles. The molecule has 3 aromatic rings. The first-order valence-electron chi connectivity index (χ1n) is 6.99. The molecule has 0 bridgehead atoms. The van der Waals surface area contributed by atoms with Gasteiger partial charge < -0.3 is 18.5 Å². The molecular weight excluding hydrogens is 332 g/mol. The van der Waals surface area contributed by atoms with Gasteiger partial charge in [-0.15, -0.1) is 0 Å². The number of thiazole rings is 1. The second-order valence-corrected chi connectivity index (χ2v) is 5.78. The van der Waals surface area contributed by atoms with Crippen LogP contribution in [0.15, 0.2) is 46.0 Å². The third-order valence-corrected chi connectivity index (χ3v) is 4.38. The van der Waals surface area contributed by atoms with Crippen LogP contribution < -0.4 is 9.54 Å². The van der Waals surface area contributed by atoms with E-state index >= 15 is 0 Å². The lowest BCUT2D eigenvalue weighted by molar-refractivity contribution is -0.141. The van der Waals surface area contributed by atoms with Crippen LogP contribution in [0.2, 0.25) is 0 Å². The van der Waals surface area contributed by atoms with Gasteiger partial charge >= 0.3 is 11.9 Å². The summed E-state index contributed by atoms with van der Waals surface area (Å²) < 4.78 is 17.5. The SMILES string of the molecule is COC(=O)Cn1c(=NC(=O)c2ccco2)sc2cc(OC)ccc21. The number of hydrogen-bond acceptors (Lipinski definition) is 6. The summed E-state index contributed by atoms with van der Waals surface area (Å²) in [6.07, 6.45) is 1.40. The Morgan fingerprint density at radius 3 is 2.79 bits per heavy atom. The summed E-state index contributed by atoms with van der Waals surface area (Å²) in [5.41, 5.74) is 0.761. The Morgan fingerprint density at radius 1 is 1.29 bits per heavy atom. The van der Waals surface area contributed by atoms with Gasteiger partial charge in [0, 0.05) is 0 Å². The van der Waals surface area contributed by atoms with E-state index in [0.717, 1.165) is 10.2 Å². The highest BCUT2D eigenvalue weighted by atomic mass is 32.1. The van der Waals surface area contributed by atoms with Crippen molar-refractivity contribution in [2.24, 2.45) is 4.99 Å². The minimum atomic E-state index is -0.517. The zero-order valence-corrected chi connectivity index (χ0v) is 13.8. The monoisotopic (exact) mass is 346 g/mol. The second kappa shape index (κ2) is 6.71. The molecule has 7 nitrogen and oxygen atoms in total. The van der Waals surface area contributed by atoms with E-state index in [9.17, 15) is 9.59 Å². The zero-order valence-electron chi connectivity index (χ0n) is 13.0. The molecule has 3 rings (SSSR count). The van der Waals surface area contributed by atoms with E-state index < -0.39 is 11.9 Å². The van der Waals surface area contributed by atoms with Crippen LogP contribution in [0, 0.1) is 0 Å². The topological polar surface area (TPSA) is 83.0 Å². The van der Waals surface area contributed by atoms with Crippen molar-refractivity contribution >= 4 is 33.4 Å². The Kier molecular flexibility index (Phi) is 4.48. The van der Waals surface area contributed by atoms with Crippen molar-refractivity contribution in [3.8, 4) is 5.75 Å². The average molecular weight is 346 g/mol. The van der Waals surface area contributed by atoms with Crippen LogP contribution in [0.4, 0.5) is 0 Å². The Balaban J connectivity index is 2.15. The smallest absolute Gasteiger partial charge is 0.325 e. The summed E-state index contributed by atoms with van der Waals surface area (Å²) >= 11 is 1.28. The van der Waals surface area contributed by atoms with Crippen LogP contribution in [0.3, 0.4) is 0 Å². The van der Waals surface area contributed by atoms with Crippen LogP contribution in [-0.4, -0.2) is 30.7 Å². The van der Waals surface area contributed by atoms with Crippen molar-refractivity contribution in [1.82, 2.24) is 4.57 Å². The fourth-order valence-corrected chi connectivity index (χ4v) is 3.21. The molecule has 124 valence electrons. The van der Waals surface area contributed by atoms with Crippen LogP contribution in [0.5, 0.6) is 5.75 Å². The number of furan rings is 1. The molecule has 0 unspecified atom stereocenters. The molecule has 8 heteroatoms. The number of rotatable bonds is 4. The predicted molar refractivity (Wildman–Crippen MR) is 87.0 cm³/mol. The number of esters is 1. The van der Waals surface area contributed by atoms with E-state index in [-0.39, 0.29) is 12.3 Å². The zero-order chi connectivity index (χ0) is 17.1. The van der Waals surface area contributed by atoms with Gasteiger partial charge in [0.1, 0.15) is 12.3 Å². The maximum absolute atomic E-state index is 12.2. The lowest BCUT2D eigenvalue weighted by Crippen LogP contribution is -2.22. The van der Waals surface area contributed by atoms with E-state index in [4.69, 9.17) is 13.9 Å². The number of carbonyl (C=O) groups is 2. The number of amides is 1. The predicted octanol–water partition coefficient (Wildman–Crippen LogP) is 2.22. The molecule has 0 fully saturated rings. The Bertz CT molecular complexity index is 953. The third kappa shape index (κ3) is 3.09. The number of carbonyl (C=O) groups excluding carboxylic acids is 2. The van der Waals surface area contributed by atoms with E-state index in [1.54, 1.807) is 23.8 Å². The van der Waals surface area contributed by atoms with Gasteiger partial charge in [-0.1, -0.05) is 11.3 Å². The van der Waals surface area contributed by atoms with Crippen molar-refractivity contribution in [2.75, 3.05) is 14.2 Å². The van der Waals surface area contributed by atoms with Gasteiger partial charge in [-0.25, -0.2) is 0 Å². The van der Waals surface area contributed by atoms with E-state index in [2.05, 4.69) is 4.99 Å². The normalized spacial score (nSPS) is 11.7. The molecule has 2 aromatic heterocycles. The van der Waals surface area contributed by atoms with Crippen LogP contribution in [-0.2, 0) is 16.1 Å². The fourth-order valence-electron chi connectivity index (χ4n) is 2.15. The molecular formula is C16H14N2O5S. The molecule has 0 N–H and O–H groups in total. The molecule has 24 heavy (non-hydrogen) atoms. The highest BCUT2D eigenvalue weighted by Gasteiger charge is 2.14. The first kappa shape index (κ1) is 16.0. The number of nitrogens with zero attached hydrogens (tertiary/aromatic N) is 2. The van der Waals surface area contributed by atoms with Gasteiger partial charge in [0.05, 0.1) is 30.7 Å². The highest BCUT2D eigenvalue weighted by Crippen LogP contribution is 2.23. The number of methoxy groups -OCH3 is 2. The lowest BCUT2D eigenvalue weighted by Gasteiger charge is -2.04. The van der Waals surface area contributed by atoms with Crippen molar-refractivity contribution in [2.45, 2.75) is 6.54 Å². The van der Waals surface area contributed by atoms with Gasteiger partial charge in [-0.3, -0.25) is 9.59 Å². The summed E-state index contributed by atoms with van der Waals surface area (Å²) in [4.78, 5) is 28.3. The first-order valence-corrected chi connectivity index (χ1v) is 7.81. The highest BCUT2D eigenvalue weighted by molar-refractivity contribution is 7.16. The number of ether oxygens (including phenoxy) is 2. The molecule has 0 saturated carbocycles. The second-order valence-electron chi connectivity index (χ2n) is 4.77. The van der Waals surface area contributed by atoms with Crippen molar-refractivity contribution in [3.63, 3.8) is 0 Å². The minimum Gasteiger partial charge on any atom is -0.497 e. The average Bonchev–Trinajstić information content (AvgIpc) is 3.23. The Labute approximate surface area is 140 Å². The van der Waals surface area contributed by atoms with Gasteiger partial charge in [0.2, 0.25) is 0 Å². The minimum absolute atomic E-state index is 0.0485. The number of fused-ring (bicyclic) bond motifs is 1. The van der Waals surface area contributed by atoms with E-state index in [1.807, 2.05) is 12.1 Å². The lowest BCUT2D eigenvalue weighted by atomic mass is 10.3. The molecule has 1 amide bonds. The molecule has 2 heterocycles. The molecule has 0 atom stereocenters. The maximum atomic E-state index is 12.2. The molecule has 0 aliphatic heterocycles. The maximum Gasteiger partial charge on any atom is 0.325 e. The van der Waals surface area contributed by atoms with Gasteiger partial charge in [0.15, 0.2) is 10.6 Å². The fraction of sp³-hybridized carbons (Fsp3) is 0.188. The van der Waals surface area contributed by atoms with E-state index in [1.165, 1.54) is 30.8 Å². The van der Waals surface area contributed by atoms with Crippen molar-refractivity contribution < 1.29 is 23.5 Å². The summed E-state index contributed by atoms with van der Waals surface area (Å²) in [5.74, 6) is -0.137. The molecule has 0 spiro atoms. The van der Waals surface area contributed by atoms with Gasteiger partial charge in [-0.2, -0.15) is 4.99 Å². The quantitative estimate of drug-likeness (QED) is 0.677. The number of aromatic nitrogens is 1. The number of hydrogen-bond donors (Lipinski definition) is 0. The Hall–Kier alpha value is -2.87. The largest absolute Gasteiger partial charge is 0.497 e. The van der Waals surface area contributed by atoms with Crippen molar-refractivity contribution in [1.29, 1.82) is 0 Å². The summed E-state index contributed by atoms with van der Waals surface area (Å²) in [6.45, 7) is -0.0485. The van der Waals surface area contributed by atoms with E-state index in [0.29, 0.717) is 10.6 Å². The summed E-state index contributed by atoms with van der Waals surface area (Å²) in [5, 5.41) is 0. The molecule has 0 aliphatic carbocycles. The van der Waals surface area contributed by atoms with Crippen LogP contribution in [0.25, 0.3) is 10.2 Å². The third-order valence-electron chi connectivity index (χ3n) is 3.33.